The van der Waals surface area contributed by atoms with Gasteiger partial charge >= 0.3 is 11.9 Å². The highest BCUT2D eigenvalue weighted by Crippen LogP contribution is 2.48. The van der Waals surface area contributed by atoms with Crippen molar-refractivity contribution in [2.75, 3.05) is 14.2 Å². The zero-order chi connectivity index (χ0) is 17.9. The van der Waals surface area contributed by atoms with Gasteiger partial charge in [-0.25, -0.2) is 9.59 Å². The maximum Gasteiger partial charge on any atom is 0.352 e. The molecule has 2 rings (SSSR count). The highest BCUT2D eigenvalue weighted by Gasteiger charge is 2.41. The van der Waals surface area contributed by atoms with E-state index in [9.17, 15) is 9.59 Å². The van der Waals surface area contributed by atoms with E-state index < -0.39 is 11.6 Å². The van der Waals surface area contributed by atoms with Crippen molar-refractivity contribution in [1.82, 2.24) is 0 Å². The van der Waals surface area contributed by atoms with Crippen LogP contribution in [0.25, 0.3) is 0 Å². The van der Waals surface area contributed by atoms with Crippen molar-refractivity contribution in [3.8, 4) is 0 Å². The SMILES string of the molecule is COC(=O)c1ccc([C@H]2C[C@H]2C(C)=NOC(C)(C)C(=O)OC)cc1. The van der Waals surface area contributed by atoms with Crippen LogP contribution in [0.5, 0.6) is 0 Å². The van der Waals surface area contributed by atoms with Crippen molar-refractivity contribution >= 4 is 17.7 Å². The highest BCUT2D eigenvalue weighted by atomic mass is 16.7. The molecule has 6 heteroatoms. The molecule has 1 aliphatic rings. The van der Waals surface area contributed by atoms with E-state index in [-0.39, 0.29) is 11.9 Å². The molecule has 1 aromatic rings. The Morgan fingerprint density at radius 3 is 2.29 bits per heavy atom. The van der Waals surface area contributed by atoms with Gasteiger partial charge in [0, 0.05) is 5.92 Å². The highest BCUT2D eigenvalue weighted by molar-refractivity contribution is 5.90. The van der Waals surface area contributed by atoms with Crippen LogP contribution in [0.15, 0.2) is 29.4 Å². The zero-order valence-corrected chi connectivity index (χ0v) is 14.7. The molecular formula is C18H23NO5. The number of carbonyl (C=O) groups is 2. The van der Waals surface area contributed by atoms with Crippen LogP contribution in [0.4, 0.5) is 0 Å². The maximum atomic E-state index is 11.6. The number of esters is 2. The molecule has 0 amide bonds. The quantitative estimate of drug-likeness (QED) is 0.454. The summed E-state index contributed by atoms with van der Waals surface area (Å²) in [6.07, 6.45) is 0.967. The third-order valence-corrected chi connectivity index (χ3v) is 4.18. The largest absolute Gasteiger partial charge is 0.466 e. The van der Waals surface area contributed by atoms with Gasteiger partial charge in [-0.05, 0) is 50.8 Å². The molecule has 0 aliphatic heterocycles. The number of benzene rings is 1. The molecule has 6 nitrogen and oxygen atoms in total. The molecule has 1 saturated carbocycles. The molecular weight excluding hydrogens is 310 g/mol. The molecule has 0 N–H and O–H groups in total. The standard InChI is InChI=1S/C18H23NO5/c1-11(19-24-18(2,3)17(21)23-5)14-10-15(14)12-6-8-13(9-7-12)16(20)22-4/h6-9,14-15H,10H2,1-5H3/t14-,15+/m0/s1. The number of ether oxygens (including phenoxy) is 2. The lowest BCUT2D eigenvalue weighted by Crippen LogP contribution is -2.34. The van der Waals surface area contributed by atoms with Gasteiger partial charge in [0.1, 0.15) is 0 Å². The third-order valence-electron chi connectivity index (χ3n) is 4.18. The fourth-order valence-electron chi connectivity index (χ4n) is 2.55. The lowest BCUT2D eigenvalue weighted by Gasteiger charge is -2.19. The Hall–Kier alpha value is -2.37. The Morgan fingerprint density at radius 2 is 1.75 bits per heavy atom. The van der Waals surface area contributed by atoms with Crippen LogP contribution in [0.2, 0.25) is 0 Å². The second-order valence-corrected chi connectivity index (χ2v) is 6.39. The first-order valence-corrected chi connectivity index (χ1v) is 7.79. The Balaban J connectivity index is 1.98. The van der Waals surface area contributed by atoms with Crippen LogP contribution in [-0.4, -0.2) is 37.5 Å². The van der Waals surface area contributed by atoms with Crippen LogP contribution in [0.3, 0.4) is 0 Å². The van der Waals surface area contributed by atoms with Crippen LogP contribution < -0.4 is 0 Å². The Morgan fingerprint density at radius 1 is 1.12 bits per heavy atom. The lowest BCUT2D eigenvalue weighted by molar-refractivity contribution is -0.165. The van der Waals surface area contributed by atoms with Gasteiger partial charge in [-0.15, -0.1) is 0 Å². The van der Waals surface area contributed by atoms with Crippen LogP contribution >= 0.6 is 0 Å². The number of hydrogen-bond donors (Lipinski definition) is 0. The first-order chi connectivity index (χ1) is 11.3. The summed E-state index contributed by atoms with van der Waals surface area (Å²) in [5, 5.41) is 4.10. The van der Waals surface area contributed by atoms with Crippen molar-refractivity contribution in [1.29, 1.82) is 0 Å². The Kier molecular flexibility index (Phi) is 5.26. The minimum atomic E-state index is -1.11. The van der Waals surface area contributed by atoms with Gasteiger partial charge in [-0.3, -0.25) is 0 Å². The number of hydrogen-bond acceptors (Lipinski definition) is 6. The second kappa shape index (κ2) is 7.03. The van der Waals surface area contributed by atoms with Gasteiger partial charge in [0.15, 0.2) is 0 Å². The molecule has 24 heavy (non-hydrogen) atoms. The van der Waals surface area contributed by atoms with Crippen LogP contribution in [0, 0.1) is 5.92 Å². The molecule has 1 aromatic carbocycles. The summed E-state index contributed by atoms with van der Waals surface area (Å²) >= 11 is 0. The number of rotatable bonds is 6. The van der Waals surface area contributed by atoms with Crippen LogP contribution in [-0.2, 0) is 19.1 Å². The number of oxime groups is 1. The first kappa shape index (κ1) is 18.0. The van der Waals surface area contributed by atoms with E-state index in [4.69, 9.17) is 9.57 Å². The summed E-state index contributed by atoms with van der Waals surface area (Å²) in [4.78, 5) is 28.4. The smallest absolute Gasteiger partial charge is 0.352 e. The van der Waals surface area contributed by atoms with Crippen LogP contribution in [0.1, 0.15) is 49.0 Å². The molecule has 0 saturated heterocycles. The Bertz CT molecular complexity index is 648. The summed E-state index contributed by atoms with van der Waals surface area (Å²) in [6.45, 7) is 5.12. The third kappa shape index (κ3) is 3.93. The van der Waals surface area contributed by atoms with E-state index in [0.717, 1.165) is 17.7 Å². The molecule has 0 aromatic heterocycles. The average molecular weight is 333 g/mol. The molecule has 0 heterocycles. The van der Waals surface area contributed by atoms with E-state index in [2.05, 4.69) is 9.89 Å². The number of carbonyl (C=O) groups excluding carboxylic acids is 2. The van der Waals surface area contributed by atoms with E-state index in [1.165, 1.54) is 14.2 Å². The summed E-state index contributed by atoms with van der Waals surface area (Å²) in [5.74, 6) is -0.178. The van der Waals surface area contributed by atoms with Gasteiger partial charge < -0.3 is 14.3 Å². The first-order valence-electron chi connectivity index (χ1n) is 7.79. The van der Waals surface area contributed by atoms with Gasteiger partial charge in [-0.1, -0.05) is 17.3 Å². The molecule has 2 atom stereocenters. The normalized spacial score (nSPS) is 20.3. The number of methoxy groups -OCH3 is 2. The van der Waals surface area contributed by atoms with Gasteiger partial charge in [0.2, 0.25) is 5.60 Å². The van der Waals surface area contributed by atoms with E-state index in [0.29, 0.717) is 11.5 Å². The predicted octanol–water partition coefficient (Wildman–Crippen LogP) is 2.92. The minimum Gasteiger partial charge on any atom is -0.466 e. The van der Waals surface area contributed by atoms with Gasteiger partial charge in [0.25, 0.3) is 0 Å². The van der Waals surface area contributed by atoms with Gasteiger partial charge in [0.05, 0.1) is 25.5 Å². The number of nitrogens with zero attached hydrogens (tertiary/aromatic N) is 1. The molecule has 0 unspecified atom stereocenters. The van der Waals surface area contributed by atoms with Crippen molar-refractivity contribution < 1.29 is 23.9 Å². The van der Waals surface area contributed by atoms with E-state index in [1.807, 2.05) is 19.1 Å². The summed E-state index contributed by atoms with van der Waals surface area (Å²) in [7, 11) is 2.68. The molecule has 1 aliphatic carbocycles. The summed E-state index contributed by atoms with van der Waals surface area (Å²) in [5.41, 5.74) is 1.41. The fourth-order valence-corrected chi connectivity index (χ4v) is 2.55. The molecule has 1 fully saturated rings. The second-order valence-electron chi connectivity index (χ2n) is 6.39. The topological polar surface area (TPSA) is 74.2 Å². The van der Waals surface area contributed by atoms with Crippen molar-refractivity contribution in [2.45, 2.75) is 38.7 Å². The van der Waals surface area contributed by atoms with E-state index >= 15 is 0 Å². The monoisotopic (exact) mass is 333 g/mol. The maximum absolute atomic E-state index is 11.6. The molecule has 0 radical (unpaired) electrons. The Labute approximate surface area is 141 Å². The predicted molar refractivity (Wildman–Crippen MR) is 88.9 cm³/mol. The summed E-state index contributed by atoms with van der Waals surface area (Å²) in [6, 6.07) is 7.40. The molecule has 0 bridgehead atoms. The van der Waals surface area contributed by atoms with Crippen molar-refractivity contribution in [3.05, 3.63) is 35.4 Å². The fraction of sp³-hybridized carbons (Fsp3) is 0.500. The summed E-state index contributed by atoms with van der Waals surface area (Å²) < 4.78 is 9.37. The lowest BCUT2D eigenvalue weighted by atomic mass is 10.1. The van der Waals surface area contributed by atoms with E-state index in [1.54, 1.807) is 26.0 Å². The minimum absolute atomic E-state index is 0.280. The van der Waals surface area contributed by atoms with Crippen molar-refractivity contribution in [2.24, 2.45) is 11.1 Å². The zero-order valence-electron chi connectivity index (χ0n) is 14.7. The molecule has 130 valence electrons. The molecule has 0 spiro atoms. The van der Waals surface area contributed by atoms with Gasteiger partial charge in [-0.2, -0.15) is 0 Å². The average Bonchev–Trinajstić information content (AvgIpc) is 3.39. The van der Waals surface area contributed by atoms with Crippen molar-refractivity contribution in [3.63, 3.8) is 0 Å².